The van der Waals surface area contributed by atoms with Crippen molar-refractivity contribution >= 4 is 56.1 Å². The van der Waals surface area contributed by atoms with Crippen molar-refractivity contribution in [1.29, 1.82) is 0 Å². The largest absolute Gasteiger partial charge is 0.354 e. The number of hydrogen-bond acceptors (Lipinski definition) is 3. The standard InChI is InChI=1S/C44H36N7S/c1-48-23-17-29(18-24-48)41-33-9-10-34(45-33)42(30-19-25-49(2)26-20-30)36-12-14-38(47-36)44(32-8-6-22-51(4)28-32)40-16-15-39(52-40)43(37-13-11-35(41)46-37)31-7-5-21-50(3)27-31/h5-28H,1-4H3/q+3/p+1. The third kappa shape index (κ3) is 5.73. The molecule has 0 fully saturated rings. The summed E-state index contributed by atoms with van der Waals surface area (Å²) in [6, 6.07) is 26.0. The van der Waals surface area contributed by atoms with Crippen LogP contribution in [0.5, 0.6) is 0 Å². The SMILES string of the molecule is C[n+]1ccc(-c2c3nc(c(-c4ccc[n+](C)c4)c4ccc(s4)c(-c4ccc[n+](C)c4)c4nc(c(-c5cc[n+](C)cc5)c5ccc2[nH]5)C=C4)C=C3)cc1. The van der Waals surface area contributed by atoms with Gasteiger partial charge in [-0.1, -0.05) is 0 Å². The first-order valence-corrected chi connectivity index (χ1v) is 18.1. The molecule has 7 aromatic rings. The van der Waals surface area contributed by atoms with Gasteiger partial charge in [0.15, 0.2) is 49.6 Å². The zero-order chi connectivity index (χ0) is 35.3. The van der Waals surface area contributed by atoms with Gasteiger partial charge < -0.3 is 4.98 Å². The molecule has 7 nitrogen and oxygen atoms in total. The molecule has 8 heteroatoms. The fourth-order valence-corrected chi connectivity index (χ4v) is 8.26. The minimum atomic E-state index is 0.907. The molecule has 0 saturated heterocycles. The summed E-state index contributed by atoms with van der Waals surface area (Å²) in [4.78, 5) is 14.7. The van der Waals surface area contributed by atoms with Gasteiger partial charge in [-0.05, 0) is 71.8 Å². The molecule has 250 valence electrons. The highest BCUT2D eigenvalue weighted by atomic mass is 32.1. The van der Waals surface area contributed by atoms with Crippen LogP contribution >= 0.6 is 11.3 Å². The number of nitrogens with zero attached hydrogens (tertiary/aromatic N) is 6. The van der Waals surface area contributed by atoms with Gasteiger partial charge in [-0.2, -0.15) is 0 Å². The van der Waals surface area contributed by atoms with Crippen LogP contribution in [0.25, 0.3) is 89.2 Å². The van der Waals surface area contributed by atoms with Crippen LogP contribution in [0.3, 0.4) is 0 Å². The molecule has 0 amide bonds. The highest BCUT2D eigenvalue weighted by molar-refractivity contribution is 7.24. The van der Waals surface area contributed by atoms with Crippen LogP contribution in [0.2, 0.25) is 0 Å². The lowest BCUT2D eigenvalue weighted by Gasteiger charge is -2.05. The summed E-state index contributed by atoms with van der Waals surface area (Å²) >= 11 is 1.78. The van der Waals surface area contributed by atoms with E-state index in [1.54, 1.807) is 11.3 Å². The van der Waals surface area contributed by atoms with E-state index in [1.165, 1.54) is 0 Å². The van der Waals surface area contributed by atoms with E-state index in [9.17, 15) is 0 Å². The minimum absolute atomic E-state index is 0.907. The molecule has 0 radical (unpaired) electrons. The average molecular weight is 696 g/mol. The summed E-state index contributed by atoms with van der Waals surface area (Å²) in [6.07, 6.45) is 25.5. The maximum absolute atomic E-state index is 5.43. The third-order valence-corrected chi connectivity index (χ3v) is 10.7. The van der Waals surface area contributed by atoms with E-state index >= 15 is 0 Å². The van der Waals surface area contributed by atoms with Crippen LogP contribution in [0.4, 0.5) is 0 Å². The zero-order valence-electron chi connectivity index (χ0n) is 29.4. The van der Waals surface area contributed by atoms with Crippen LogP contribution in [-0.2, 0) is 28.2 Å². The second kappa shape index (κ2) is 12.7. The van der Waals surface area contributed by atoms with Gasteiger partial charge in [-0.3, -0.25) is 0 Å². The molecule has 9 heterocycles. The lowest BCUT2D eigenvalue weighted by molar-refractivity contribution is -0.671. The van der Waals surface area contributed by atoms with Crippen molar-refractivity contribution in [3.05, 3.63) is 145 Å². The number of thiophene rings is 1. The van der Waals surface area contributed by atoms with E-state index in [2.05, 4.69) is 184 Å². The Labute approximate surface area is 306 Å². The highest BCUT2D eigenvalue weighted by Gasteiger charge is 2.20. The number of fused-ring (bicyclic) bond motifs is 8. The number of pyridine rings is 4. The lowest BCUT2D eigenvalue weighted by Crippen LogP contribution is -2.26. The first-order valence-electron chi connectivity index (χ1n) is 17.3. The Kier molecular flexibility index (Phi) is 7.74. The number of aromatic amines is 1. The molecule has 0 unspecified atom stereocenters. The minimum Gasteiger partial charge on any atom is -0.354 e. The molecule has 0 spiro atoms. The van der Waals surface area contributed by atoms with E-state index in [0.717, 1.165) is 87.7 Å². The van der Waals surface area contributed by atoms with Crippen molar-refractivity contribution in [3.63, 3.8) is 0 Å². The normalized spacial score (nSPS) is 12.1. The molecule has 0 atom stereocenters. The molecule has 8 bridgehead atoms. The second-order valence-corrected chi connectivity index (χ2v) is 14.5. The Bertz CT molecular complexity index is 2580. The number of rotatable bonds is 4. The van der Waals surface area contributed by atoms with Crippen molar-refractivity contribution in [1.82, 2.24) is 15.0 Å². The smallest absolute Gasteiger partial charge is 0.176 e. The van der Waals surface area contributed by atoms with E-state index in [1.807, 2.05) is 14.1 Å². The number of H-pyrrole nitrogens is 1. The number of nitrogens with one attached hydrogen (secondary N) is 1. The molecule has 1 N–H and O–H groups in total. The Morgan fingerprint density at radius 3 is 1.23 bits per heavy atom. The lowest BCUT2D eigenvalue weighted by atomic mass is 10.1. The first kappa shape index (κ1) is 31.6. The maximum atomic E-state index is 5.43. The molecule has 0 aromatic carbocycles. The summed E-state index contributed by atoms with van der Waals surface area (Å²) in [6.45, 7) is 0. The Morgan fingerprint density at radius 2 is 0.827 bits per heavy atom. The number of aromatic nitrogens is 7. The van der Waals surface area contributed by atoms with Crippen molar-refractivity contribution in [2.24, 2.45) is 28.2 Å². The van der Waals surface area contributed by atoms with Crippen LogP contribution in [0.1, 0.15) is 22.8 Å². The Morgan fingerprint density at radius 1 is 0.423 bits per heavy atom. The van der Waals surface area contributed by atoms with Gasteiger partial charge in [0.2, 0.25) is 0 Å². The van der Waals surface area contributed by atoms with Crippen LogP contribution in [0.15, 0.2) is 122 Å². The summed E-state index contributed by atoms with van der Waals surface area (Å²) in [5.41, 5.74) is 14.3. The number of hydrogen-bond donors (Lipinski definition) is 1. The van der Waals surface area contributed by atoms with Gasteiger partial charge in [0.1, 0.15) is 28.2 Å². The van der Waals surface area contributed by atoms with Crippen LogP contribution in [0, 0.1) is 0 Å². The molecule has 0 aliphatic carbocycles. The zero-order valence-corrected chi connectivity index (χ0v) is 30.3. The molecule has 2 aliphatic rings. The van der Waals surface area contributed by atoms with Gasteiger partial charge >= 0.3 is 0 Å². The van der Waals surface area contributed by atoms with Crippen molar-refractivity contribution in [2.75, 3.05) is 0 Å². The maximum Gasteiger partial charge on any atom is 0.176 e. The topological polar surface area (TPSA) is 57.1 Å². The van der Waals surface area contributed by atoms with E-state index in [0.29, 0.717) is 0 Å². The highest BCUT2D eigenvalue weighted by Crippen LogP contribution is 2.40. The van der Waals surface area contributed by atoms with Crippen LogP contribution in [-0.4, -0.2) is 15.0 Å². The molecule has 9 rings (SSSR count). The van der Waals surface area contributed by atoms with Gasteiger partial charge in [0, 0.05) is 90.2 Å². The quantitative estimate of drug-likeness (QED) is 0.196. The third-order valence-electron chi connectivity index (χ3n) is 9.62. The molecular formula is C44H37N7S+4. The summed E-state index contributed by atoms with van der Waals surface area (Å²) in [5.74, 6) is 0. The summed E-state index contributed by atoms with van der Waals surface area (Å²) < 4.78 is 10.6. The molecular weight excluding hydrogens is 659 g/mol. The fourth-order valence-electron chi connectivity index (χ4n) is 7.10. The van der Waals surface area contributed by atoms with Gasteiger partial charge in [0.25, 0.3) is 0 Å². The van der Waals surface area contributed by atoms with Crippen molar-refractivity contribution < 1.29 is 18.3 Å². The second-order valence-electron chi connectivity index (χ2n) is 13.4. The van der Waals surface area contributed by atoms with E-state index in [-0.39, 0.29) is 0 Å². The molecule has 52 heavy (non-hydrogen) atoms. The van der Waals surface area contributed by atoms with E-state index < -0.39 is 0 Å². The van der Waals surface area contributed by atoms with Crippen molar-refractivity contribution in [3.8, 4) is 44.5 Å². The van der Waals surface area contributed by atoms with Gasteiger partial charge in [-0.25, -0.2) is 28.2 Å². The predicted molar refractivity (Wildman–Crippen MR) is 209 cm³/mol. The summed E-state index contributed by atoms with van der Waals surface area (Å²) in [7, 11) is 8.21. The average Bonchev–Trinajstić information content (AvgIpc) is 3.98. The van der Waals surface area contributed by atoms with Crippen LogP contribution < -0.4 is 18.3 Å². The monoisotopic (exact) mass is 695 g/mol. The van der Waals surface area contributed by atoms with Gasteiger partial charge in [-0.15, -0.1) is 11.3 Å². The Balaban J connectivity index is 1.48. The van der Waals surface area contributed by atoms with Crippen molar-refractivity contribution in [2.45, 2.75) is 0 Å². The first-order chi connectivity index (χ1) is 25.4. The van der Waals surface area contributed by atoms with E-state index in [4.69, 9.17) is 9.97 Å². The number of aryl methyl sites for hydroxylation is 4. The molecule has 7 aromatic heterocycles. The molecule has 2 aliphatic heterocycles. The predicted octanol–water partition coefficient (Wildman–Crippen LogP) is 7.36. The Hall–Kier alpha value is -6.38. The summed E-state index contributed by atoms with van der Waals surface area (Å²) in [5, 5.41) is 0. The molecule has 0 saturated carbocycles. The fraction of sp³-hybridized carbons (Fsp3) is 0.0909. The van der Waals surface area contributed by atoms with Gasteiger partial charge in [0.05, 0.1) is 22.8 Å².